The van der Waals surface area contributed by atoms with Gasteiger partial charge in [0.15, 0.2) is 0 Å². The average molecular weight is 404 g/mol. The van der Waals surface area contributed by atoms with Crippen LogP contribution in [0.1, 0.15) is 106 Å². The van der Waals surface area contributed by atoms with E-state index in [-0.39, 0.29) is 5.91 Å². The molecule has 0 aliphatic carbocycles. The van der Waals surface area contributed by atoms with Gasteiger partial charge in [0.2, 0.25) is 0 Å². The van der Waals surface area contributed by atoms with Crippen LogP contribution in [0, 0.1) is 0 Å². The SMILES string of the molecule is CCCCCCONC(=O)C=C(C)CCC=C(C)CCC=C(C)CCC=C(C)C. The van der Waals surface area contributed by atoms with Crippen molar-refractivity contribution in [3.8, 4) is 0 Å². The molecule has 0 atom stereocenters. The third-order valence-electron chi connectivity index (χ3n) is 4.80. The van der Waals surface area contributed by atoms with Crippen LogP contribution in [-0.2, 0) is 9.63 Å². The second kappa shape index (κ2) is 18.4. The van der Waals surface area contributed by atoms with Gasteiger partial charge < -0.3 is 0 Å². The number of hydroxylamine groups is 1. The lowest BCUT2D eigenvalue weighted by atomic mass is 10.0. The van der Waals surface area contributed by atoms with Crippen molar-refractivity contribution in [2.75, 3.05) is 6.61 Å². The molecule has 0 saturated carbocycles. The molecule has 0 aliphatic rings. The van der Waals surface area contributed by atoms with E-state index in [4.69, 9.17) is 4.84 Å². The summed E-state index contributed by atoms with van der Waals surface area (Å²) in [6.07, 6.45) is 19.6. The van der Waals surface area contributed by atoms with Crippen molar-refractivity contribution < 1.29 is 9.63 Å². The van der Waals surface area contributed by atoms with Gasteiger partial charge in [0.05, 0.1) is 6.61 Å². The van der Waals surface area contributed by atoms with E-state index in [1.165, 1.54) is 29.6 Å². The van der Waals surface area contributed by atoms with Crippen LogP contribution >= 0.6 is 0 Å². The molecule has 0 heterocycles. The summed E-state index contributed by atoms with van der Waals surface area (Å²) < 4.78 is 0. The van der Waals surface area contributed by atoms with Crippen LogP contribution in [-0.4, -0.2) is 12.5 Å². The maximum Gasteiger partial charge on any atom is 0.267 e. The van der Waals surface area contributed by atoms with Crippen molar-refractivity contribution >= 4 is 5.91 Å². The molecule has 3 nitrogen and oxygen atoms in total. The Morgan fingerprint density at radius 2 is 1.31 bits per heavy atom. The Hall–Kier alpha value is -1.61. The van der Waals surface area contributed by atoms with Crippen LogP contribution in [0.15, 0.2) is 46.6 Å². The number of carbonyl (C=O) groups is 1. The van der Waals surface area contributed by atoms with Crippen molar-refractivity contribution in [2.45, 2.75) is 106 Å². The van der Waals surface area contributed by atoms with Gasteiger partial charge >= 0.3 is 0 Å². The second-order valence-corrected chi connectivity index (χ2v) is 8.36. The van der Waals surface area contributed by atoms with Crippen molar-refractivity contribution in [1.29, 1.82) is 0 Å². The topological polar surface area (TPSA) is 38.3 Å². The number of unbranched alkanes of at least 4 members (excludes halogenated alkanes) is 3. The zero-order valence-corrected chi connectivity index (χ0v) is 19.9. The monoisotopic (exact) mass is 403 g/mol. The zero-order valence-electron chi connectivity index (χ0n) is 19.9. The van der Waals surface area contributed by atoms with E-state index in [1.807, 2.05) is 6.92 Å². The molecule has 0 rings (SSSR count). The first-order chi connectivity index (χ1) is 13.8. The van der Waals surface area contributed by atoms with Gasteiger partial charge in [-0.05, 0) is 79.6 Å². The third-order valence-corrected chi connectivity index (χ3v) is 4.80. The molecule has 0 unspecified atom stereocenters. The Kier molecular flexibility index (Phi) is 17.4. The van der Waals surface area contributed by atoms with Crippen LogP contribution in [0.5, 0.6) is 0 Å². The first-order valence-corrected chi connectivity index (χ1v) is 11.4. The molecule has 0 aromatic rings. The van der Waals surface area contributed by atoms with Crippen LogP contribution < -0.4 is 5.48 Å². The molecule has 1 N–H and O–H groups in total. The summed E-state index contributed by atoms with van der Waals surface area (Å²) in [6, 6.07) is 0. The van der Waals surface area contributed by atoms with Gasteiger partial charge in [-0.3, -0.25) is 9.63 Å². The minimum absolute atomic E-state index is 0.160. The molecule has 0 aromatic carbocycles. The summed E-state index contributed by atoms with van der Waals surface area (Å²) >= 11 is 0. The van der Waals surface area contributed by atoms with E-state index in [1.54, 1.807) is 6.08 Å². The van der Waals surface area contributed by atoms with Gasteiger partial charge in [-0.2, -0.15) is 0 Å². The number of rotatable bonds is 16. The van der Waals surface area contributed by atoms with Crippen molar-refractivity contribution in [1.82, 2.24) is 5.48 Å². The van der Waals surface area contributed by atoms with Crippen molar-refractivity contribution in [3.63, 3.8) is 0 Å². The second-order valence-electron chi connectivity index (χ2n) is 8.36. The first-order valence-electron chi connectivity index (χ1n) is 11.4. The number of carbonyl (C=O) groups excluding carboxylic acids is 1. The fraction of sp³-hybridized carbons (Fsp3) is 0.654. The minimum atomic E-state index is -0.160. The van der Waals surface area contributed by atoms with Crippen LogP contribution in [0.2, 0.25) is 0 Å². The maximum absolute atomic E-state index is 11.8. The molecule has 0 bridgehead atoms. The average Bonchev–Trinajstić information content (AvgIpc) is 2.64. The molecule has 0 aliphatic heterocycles. The van der Waals surface area contributed by atoms with E-state index >= 15 is 0 Å². The number of allylic oxidation sites excluding steroid dienone is 7. The van der Waals surface area contributed by atoms with Gasteiger partial charge in [0, 0.05) is 6.08 Å². The van der Waals surface area contributed by atoms with E-state index in [2.05, 4.69) is 58.3 Å². The lowest BCUT2D eigenvalue weighted by molar-refractivity contribution is -0.128. The Bertz CT molecular complexity index is 563. The number of hydrogen-bond donors (Lipinski definition) is 1. The molecule has 0 radical (unpaired) electrons. The summed E-state index contributed by atoms with van der Waals surface area (Å²) in [7, 11) is 0. The highest BCUT2D eigenvalue weighted by molar-refractivity contribution is 5.87. The van der Waals surface area contributed by atoms with E-state index in [0.717, 1.165) is 56.9 Å². The fourth-order valence-corrected chi connectivity index (χ4v) is 2.93. The smallest absolute Gasteiger partial charge is 0.267 e. The number of hydrogen-bond acceptors (Lipinski definition) is 2. The Morgan fingerprint density at radius 3 is 1.86 bits per heavy atom. The lowest BCUT2D eigenvalue weighted by Crippen LogP contribution is -2.22. The number of amides is 1. The first kappa shape index (κ1) is 27.4. The van der Waals surface area contributed by atoms with Gasteiger partial charge in [-0.25, -0.2) is 5.48 Å². The highest BCUT2D eigenvalue weighted by Crippen LogP contribution is 2.13. The Labute approximate surface area is 180 Å². The molecule has 0 spiro atoms. The fourth-order valence-electron chi connectivity index (χ4n) is 2.93. The summed E-state index contributed by atoms with van der Waals surface area (Å²) in [4.78, 5) is 17.0. The third kappa shape index (κ3) is 19.5. The largest absolute Gasteiger partial charge is 0.273 e. The summed E-state index contributed by atoms with van der Waals surface area (Å²) in [5, 5.41) is 0. The van der Waals surface area contributed by atoms with Crippen LogP contribution in [0.3, 0.4) is 0 Å². The van der Waals surface area contributed by atoms with Crippen molar-refractivity contribution in [2.24, 2.45) is 0 Å². The summed E-state index contributed by atoms with van der Waals surface area (Å²) in [6.45, 7) is 13.5. The quantitative estimate of drug-likeness (QED) is 0.124. The van der Waals surface area contributed by atoms with Crippen molar-refractivity contribution in [3.05, 3.63) is 46.6 Å². The summed E-state index contributed by atoms with van der Waals surface area (Å²) in [5.74, 6) is -0.160. The summed E-state index contributed by atoms with van der Waals surface area (Å²) in [5.41, 5.74) is 7.89. The molecule has 3 heteroatoms. The molecule has 166 valence electrons. The van der Waals surface area contributed by atoms with Gasteiger partial charge in [0.25, 0.3) is 5.91 Å². The van der Waals surface area contributed by atoms with Gasteiger partial charge in [-0.15, -0.1) is 0 Å². The predicted octanol–water partition coefficient (Wildman–Crippen LogP) is 7.76. The molecule has 1 amide bonds. The minimum Gasteiger partial charge on any atom is -0.273 e. The number of nitrogens with one attached hydrogen (secondary N) is 1. The maximum atomic E-state index is 11.8. The normalized spacial score (nSPS) is 12.8. The molecule has 0 saturated heterocycles. The molecule has 0 fully saturated rings. The van der Waals surface area contributed by atoms with Gasteiger partial charge in [-0.1, -0.05) is 66.7 Å². The van der Waals surface area contributed by atoms with Gasteiger partial charge in [0.1, 0.15) is 0 Å². The molecular formula is C26H45NO2. The van der Waals surface area contributed by atoms with E-state index in [0.29, 0.717) is 6.61 Å². The zero-order chi connectivity index (χ0) is 21.9. The highest BCUT2D eigenvalue weighted by atomic mass is 16.6. The molecule has 29 heavy (non-hydrogen) atoms. The highest BCUT2D eigenvalue weighted by Gasteiger charge is 1.99. The molecule has 0 aromatic heterocycles. The van der Waals surface area contributed by atoms with E-state index in [9.17, 15) is 4.79 Å². The predicted molar refractivity (Wildman–Crippen MR) is 127 cm³/mol. The Morgan fingerprint density at radius 1 is 0.759 bits per heavy atom. The Balaban J connectivity index is 3.99. The van der Waals surface area contributed by atoms with Crippen LogP contribution in [0.4, 0.5) is 0 Å². The lowest BCUT2D eigenvalue weighted by Gasteiger charge is -2.05. The molecular weight excluding hydrogens is 358 g/mol. The van der Waals surface area contributed by atoms with E-state index < -0.39 is 0 Å². The standard InChI is InChI=1S/C26H45NO2/c1-7-8-9-10-20-29-27-26(28)21-25(6)19-13-18-24(5)17-12-16-23(4)15-11-14-22(2)3/h14,16,18,21H,7-13,15,17,19-20H2,1-6H3,(H,27,28). The van der Waals surface area contributed by atoms with Crippen LogP contribution in [0.25, 0.3) is 0 Å².